The Morgan fingerprint density at radius 2 is 1.92 bits per heavy atom. The lowest BCUT2D eigenvalue weighted by atomic mass is 10.1. The van der Waals surface area contributed by atoms with Crippen LogP contribution in [-0.4, -0.2) is 65.9 Å². The molecule has 1 aliphatic rings. The van der Waals surface area contributed by atoms with Gasteiger partial charge in [0, 0.05) is 69.7 Å². The highest BCUT2D eigenvalue weighted by atomic mass is 16.2. The molecule has 0 spiro atoms. The zero-order valence-corrected chi connectivity index (χ0v) is 14.8. The normalized spacial score (nSPS) is 15.5. The molecular weight excluding hydrogens is 316 g/mol. The number of para-hydroxylation sites is 1. The number of nitrogens with one attached hydrogen (secondary N) is 2. The summed E-state index contributed by atoms with van der Waals surface area (Å²) in [6, 6.07) is 8.21. The quantitative estimate of drug-likeness (QED) is 0.833. The van der Waals surface area contributed by atoms with E-state index in [1.165, 1.54) is 10.9 Å². The van der Waals surface area contributed by atoms with Crippen LogP contribution in [0.15, 0.2) is 30.5 Å². The number of nitrogens with zero attached hydrogens (tertiary/aromatic N) is 2. The van der Waals surface area contributed by atoms with E-state index in [9.17, 15) is 9.59 Å². The SMILES string of the molecule is CC(=O)N1CCN(CCC(=O)NCCc2c[nH]c3ccccc23)CC1. The van der Waals surface area contributed by atoms with Crippen LogP contribution < -0.4 is 5.32 Å². The van der Waals surface area contributed by atoms with Crippen molar-refractivity contribution in [2.45, 2.75) is 19.8 Å². The third-order valence-corrected chi connectivity index (χ3v) is 4.86. The molecule has 1 aromatic heterocycles. The Morgan fingerprint density at radius 3 is 2.68 bits per heavy atom. The standard InChI is InChI=1S/C19H26N4O2/c1-15(24)23-12-10-22(11-13-23)9-7-19(25)20-8-6-16-14-21-18-5-3-2-4-17(16)18/h2-5,14,21H,6-13H2,1H3,(H,20,25). The van der Waals surface area contributed by atoms with Gasteiger partial charge in [0.15, 0.2) is 0 Å². The third-order valence-electron chi connectivity index (χ3n) is 4.86. The van der Waals surface area contributed by atoms with E-state index in [2.05, 4.69) is 27.3 Å². The second kappa shape index (κ2) is 8.16. The van der Waals surface area contributed by atoms with Crippen molar-refractivity contribution in [3.05, 3.63) is 36.0 Å². The summed E-state index contributed by atoms with van der Waals surface area (Å²) >= 11 is 0. The summed E-state index contributed by atoms with van der Waals surface area (Å²) in [5.41, 5.74) is 2.37. The maximum atomic E-state index is 12.0. The van der Waals surface area contributed by atoms with Crippen molar-refractivity contribution in [3.63, 3.8) is 0 Å². The highest BCUT2D eigenvalue weighted by molar-refractivity contribution is 5.83. The van der Waals surface area contributed by atoms with Gasteiger partial charge in [-0.25, -0.2) is 0 Å². The molecular formula is C19H26N4O2. The van der Waals surface area contributed by atoms with Crippen LogP contribution in [0.2, 0.25) is 0 Å². The highest BCUT2D eigenvalue weighted by Crippen LogP contribution is 2.17. The van der Waals surface area contributed by atoms with E-state index in [4.69, 9.17) is 0 Å². The van der Waals surface area contributed by atoms with Crippen molar-refractivity contribution in [3.8, 4) is 0 Å². The summed E-state index contributed by atoms with van der Waals surface area (Å²) in [6.07, 6.45) is 3.35. The van der Waals surface area contributed by atoms with Crippen LogP contribution in [0.25, 0.3) is 10.9 Å². The monoisotopic (exact) mass is 342 g/mol. The molecule has 2 amide bonds. The van der Waals surface area contributed by atoms with Gasteiger partial charge in [-0.05, 0) is 18.1 Å². The average Bonchev–Trinajstić information content (AvgIpc) is 3.04. The summed E-state index contributed by atoms with van der Waals surface area (Å²) < 4.78 is 0. The largest absolute Gasteiger partial charge is 0.361 e. The van der Waals surface area contributed by atoms with Gasteiger partial charge in [0.05, 0.1) is 0 Å². The molecule has 0 unspecified atom stereocenters. The molecule has 3 rings (SSSR count). The number of carbonyl (C=O) groups excluding carboxylic acids is 2. The first-order valence-corrected chi connectivity index (χ1v) is 8.93. The molecule has 0 bridgehead atoms. The molecule has 134 valence electrons. The van der Waals surface area contributed by atoms with Crippen molar-refractivity contribution in [2.75, 3.05) is 39.3 Å². The van der Waals surface area contributed by atoms with Crippen LogP contribution in [0.5, 0.6) is 0 Å². The van der Waals surface area contributed by atoms with E-state index in [0.717, 1.165) is 44.7 Å². The number of fused-ring (bicyclic) bond motifs is 1. The molecule has 0 radical (unpaired) electrons. The van der Waals surface area contributed by atoms with Crippen molar-refractivity contribution >= 4 is 22.7 Å². The molecule has 0 aliphatic carbocycles. The molecule has 1 saturated heterocycles. The van der Waals surface area contributed by atoms with E-state index in [1.807, 2.05) is 23.2 Å². The van der Waals surface area contributed by atoms with Gasteiger partial charge < -0.3 is 15.2 Å². The number of rotatable bonds is 6. The Balaban J connectivity index is 1.35. The molecule has 0 atom stereocenters. The van der Waals surface area contributed by atoms with Crippen LogP contribution >= 0.6 is 0 Å². The zero-order valence-electron chi connectivity index (χ0n) is 14.8. The lowest BCUT2D eigenvalue weighted by Crippen LogP contribution is -2.48. The number of aromatic nitrogens is 1. The number of amides is 2. The van der Waals surface area contributed by atoms with Crippen LogP contribution in [0.3, 0.4) is 0 Å². The van der Waals surface area contributed by atoms with Crippen molar-refractivity contribution in [1.82, 2.24) is 20.1 Å². The second-order valence-corrected chi connectivity index (χ2v) is 6.56. The summed E-state index contributed by atoms with van der Waals surface area (Å²) in [7, 11) is 0. The Morgan fingerprint density at radius 1 is 1.16 bits per heavy atom. The van der Waals surface area contributed by atoms with Gasteiger partial charge in [0.2, 0.25) is 11.8 Å². The predicted octanol–water partition coefficient (Wildman–Crippen LogP) is 1.38. The Labute approximate surface area is 148 Å². The molecule has 0 saturated carbocycles. The fourth-order valence-corrected chi connectivity index (χ4v) is 3.31. The predicted molar refractivity (Wildman–Crippen MR) is 98.3 cm³/mol. The van der Waals surface area contributed by atoms with Crippen molar-refractivity contribution in [1.29, 1.82) is 0 Å². The van der Waals surface area contributed by atoms with Gasteiger partial charge in [-0.3, -0.25) is 14.5 Å². The first-order chi connectivity index (χ1) is 12.1. The maximum Gasteiger partial charge on any atom is 0.221 e. The molecule has 6 nitrogen and oxygen atoms in total. The zero-order chi connectivity index (χ0) is 17.6. The Kier molecular flexibility index (Phi) is 5.71. The first-order valence-electron chi connectivity index (χ1n) is 8.93. The Hall–Kier alpha value is -2.34. The maximum absolute atomic E-state index is 12.0. The number of benzene rings is 1. The first kappa shape index (κ1) is 17.5. The molecule has 2 heterocycles. The number of carbonyl (C=O) groups is 2. The summed E-state index contributed by atoms with van der Waals surface area (Å²) in [5.74, 6) is 0.225. The molecule has 1 aromatic carbocycles. The number of hydrogen-bond donors (Lipinski definition) is 2. The minimum Gasteiger partial charge on any atom is -0.361 e. The number of piperazine rings is 1. The fraction of sp³-hybridized carbons (Fsp3) is 0.474. The van der Waals surface area contributed by atoms with Crippen LogP contribution in [0.4, 0.5) is 0 Å². The molecule has 1 fully saturated rings. The van der Waals surface area contributed by atoms with E-state index < -0.39 is 0 Å². The minimum atomic E-state index is 0.0915. The smallest absolute Gasteiger partial charge is 0.221 e. The lowest BCUT2D eigenvalue weighted by Gasteiger charge is -2.34. The summed E-state index contributed by atoms with van der Waals surface area (Å²) in [6.45, 7) is 6.24. The molecule has 25 heavy (non-hydrogen) atoms. The molecule has 6 heteroatoms. The summed E-state index contributed by atoms with van der Waals surface area (Å²) in [5, 5.41) is 4.23. The van der Waals surface area contributed by atoms with Crippen LogP contribution in [0, 0.1) is 0 Å². The van der Waals surface area contributed by atoms with Gasteiger partial charge >= 0.3 is 0 Å². The van der Waals surface area contributed by atoms with Gasteiger partial charge in [-0.15, -0.1) is 0 Å². The van der Waals surface area contributed by atoms with E-state index in [0.29, 0.717) is 13.0 Å². The lowest BCUT2D eigenvalue weighted by molar-refractivity contribution is -0.131. The van der Waals surface area contributed by atoms with Crippen molar-refractivity contribution in [2.24, 2.45) is 0 Å². The highest BCUT2D eigenvalue weighted by Gasteiger charge is 2.18. The van der Waals surface area contributed by atoms with Gasteiger partial charge in [0.25, 0.3) is 0 Å². The summed E-state index contributed by atoms with van der Waals surface area (Å²) in [4.78, 5) is 30.7. The average molecular weight is 342 g/mol. The second-order valence-electron chi connectivity index (χ2n) is 6.56. The van der Waals surface area contributed by atoms with E-state index in [1.54, 1.807) is 6.92 Å². The Bertz CT molecular complexity index is 732. The van der Waals surface area contributed by atoms with Gasteiger partial charge in [-0.2, -0.15) is 0 Å². The number of aromatic amines is 1. The van der Waals surface area contributed by atoms with E-state index >= 15 is 0 Å². The minimum absolute atomic E-state index is 0.0915. The fourth-order valence-electron chi connectivity index (χ4n) is 3.31. The van der Waals surface area contributed by atoms with Gasteiger partial charge in [0.1, 0.15) is 0 Å². The number of H-pyrrole nitrogens is 1. The van der Waals surface area contributed by atoms with Crippen molar-refractivity contribution < 1.29 is 9.59 Å². The van der Waals surface area contributed by atoms with Crippen LogP contribution in [-0.2, 0) is 16.0 Å². The third kappa shape index (κ3) is 4.60. The number of hydrogen-bond acceptors (Lipinski definition) is 3. The van der Waals surface area contributed by atoms with Gasteiger partial charge in [-0.1, -0.05) is 18.2 Å². The topological polar surface area (TPSA) is 68.4 Å². The molecule has 1 aliphatic heterocycles. The molecule has 2 N–H and O–H groups in total. The van der Waals surface area contributed by atoms with Crippen LogP contribution in [0.1, 0.15) is 18.9 Å². The molecule has 2 aromatic rings. The van der Waals surface area contributed by atoms with E-state index in [-0.39, 0.29) is 11.8 Å².